The smallest absolute Gasteiger partial charge is 0.410 e. The summed E-state index contributed by atoms with van der Waals surface area (Å²) in [4.78, 5) is 13.8. The highest BCUT2D eigenvalue weighted by molar-refractivity contribution is 7.94. The molecule has 0 unspecified atom stereocenters. The number of fused-ring (bicyclic) bond motifs is 1. The zero-order valence-corrected chi connectivity index (χ0v) is 15.8. The first kappa shape index (κ1) is 17.7. The van der Waals surface area contributed by atoms with Crippen LogP contribution in [0.5, 0.6) is 0 Å². The van der Waals surface area contributed by atoms with Crippen molar-refractivity contribution >= 4 is 33.3 Å². The molecular weight excluding hydrogens is 364 g/mol. The summed E-state index contributed by atoms with van der Waals surface area (Å²) in [5.41, 5.74) is 0.901. The van der Waals surface area contributed by atoms with Gasteiger partial charge in [-0.3, -0.25) is 9.82 Å². The number of hydrogen-bond acceptors (Lipinski definition) is 6. The van der Waals surface area contributed by atoms with Gasteiger partial charge in [0.15, 0.2) is 5.82 Å². The SMILES string of the molecule is CC(C)(C)OC(=O)N1CCc2[nH]nc(NS(=O)(=O)c3cccs3)c2C1. The summed E-state index contributed by atoms with van der Waals surface area (Å²) in [5, 5.41) is 8.61. The molecule has 25 heavy (non-hydrogen) atoms. The van der Waals surface area contributed by atoms with Crippen molar-refractivity contribution in [2.45, 2.75) is 43.5 Å². The van der Waals surface area contributed by atoms with Crippen LogP contribution in [0, 0.1) is 0 Å². The number of rotatable bonds is 3. The molecule has 1 aliphatic rings. The van der Waals surface area contributed by atoms with Gasteiger partial charge < -0.3 is 9.64 Å². The molecule has 3 heterocycles. The van der Waals surface area contributed by atoms with E-state index < -0.39 is 21.7 Å². The standard InChI is InChI=1S/C15H20N4O4S2/c1-15(2,3)23-14(20)19-7-6-11-10(9-19)13(17-16-11)18-25(21,22)12-5-4-8-24-12/h4-5,8H,6-7,9H2,1-3H3,(H2,16,17,18). The number of H-pyrrole nitrogens is 1. The third-order valence-electron chi connectivity index (χ3n) is 3.58. The second-order valence-electron chi connectivity index (χ2n) is 6.72. The fourth-order valence-corrected chi connectivity index (χ4v) is 4.48. The molecule has 0 aromatic carbocycles. The number of ether oxygens (including phenoxy) is 1. The number of nitrogens with one attached hydrogen (secondary N) is 2. The van der Waals surface area contributed by atoms with Crippen LogP contribution in [-0.2, 0) is 27.7 Å². The van der Waals surface area contributed by atoms with E-state index in [0.29, 0.717) is 18.5 Å². The highest BCUT2D eigenvalue weighted by Crippen LogP contribution is 2.27. The van der Waals surface area contributed by atoms with Crippen LogP contribution < -0.4 is 4.72 Å². The normalized spacial score (nSPS) is 14.9. The highest BCUT2D eigenvalue weighted by atomic mass is 32.2. The second kappa shape index (κ2) is 6.34. The first-order chi connectivity index (χ1) is 11.7. The Labute approximate surface area is 150 Å². The minimum atomic E-state index is -3.69. The van der Waals surface area contributed by atoms with Gasteiger partial charge in [-0.2, -0.15) is 5.10 Å². The largest absolute Gasteiger partial charge is 0.444 e. The minimum absolute atomic E-state index is 0.212. The van der Waals surface area contributed by atoms with Crippen LogP contribution in [0.1, 0.15) is 32.0 Å². The Kier molecular flexibility index (Phi) is 4.50. The number of amides is 1. The van der Waals surface area contributed by atoms with E-state index in [0.717, 1.165) is 17.0 Å². The molecular formula is C15H20N4O4S2. The monoisotopic (exact) mass is 384 g/mol. The summed E-state index contributed by atoms with van der Waals surface area (Å²) in [7, 11) is -3.69. The van der Waals surface area contributed by atoms with E-state index >= 15 is 0 Å². The van der Waals surface area contributed by atoms with Crippen molar-refractivity contribution in [2.24, 2.45) is 0 Å². The maximum absolute atomic E-state index is 12.4. The van der Waals surface area contributed by atoms with E-state index in [9.17, 15) is 13.2 Å². The number of carbonyl (C=O) groups excluding carboxylic acids is 1. The lowest BCUT2D eigenvalue weighted by Crippen LogP contribution is -2.40. The molecule has 2 aromatic rings. The number of carbonyl (C=O) groups is 1. The summed E-state index contributed by atoms with van der Waals surface area (Å²) < 4.78 is 32.9. The van der Waals surface area contributed by atoms with Crippen LogP contribution in [0.3, 0.4) is 0 Å². The first-order valence-electron chi connectivity index (χ1n) is 7.76. The van der Waals surface area contributed by atoms with E-state index in [2.05, 4.69) is 14.9 Å². The average molecular weight is 384 g/mol. The molecule has 1 aliphatic heterocycles. The summed E-state index contributed by atoms with van der Waals surface area (Å²) in [6.45, 7) is 6.14. The lowest BCUT2D eigenvalue weighted by atomic mass is 10.1. The number of anilines is 1. The number of hydrogen-bond donors (Lipinski definition) is 2. The van der Waals surface area contributed by atoms with Gasteiger partial charge in [0.2, 0.25) is 0 Å². The first-order valence-corrected chi connectivity index (χ1v) is 10.1. The van der Waals surface area contributed by atoms with Crippen LogP contribution in [0.15, 0.2) is 21.7 Å². The predicted molar refractivity (Wildman–Crippen MR) is 94.1 cm³/mol. The van der Waals surface area contributed by atoms with Crippen molar-refractivity contribution in [3.63, 3.8) is 0 Å². The summed E-state index contributed by atoms with van der Waals surface area (Å²) in [6.07, 6.45) is 0.133. The molecule has 10 heteroatoms. The summed E-state index contributed by atoms with van der Waals surface area (Å²) in [5.74, 6) is 0.219. The van der Waals surface area contributed by atoms with Crippen LogP contribution >= 0.6 is 11.3 Å². The molecule has 8 nitrogen and oxygen atoms in total. The zero-order chi connectivity index (χ0) is 18.2. The molecule has 0 bridgehead atoms. The summed E-state index contributed by atoms with van der Waals surface area (Å²) in [6, 6.07) is 3.20. The van der Waals surface area contributed by atoms with Crippen molar-refractivity contribution in [3.8, 4) is 0 Å². The fraction of sp³-hybridized carbons (Fsp3) is 0.467. The quantitative estimate of drug-likeness (QED) is 0.846. The second-order valence-corrected chi connectivity index (χ2v) is 9.58. The van der Waals surface area contributed by atoms with Gasteiger partial charge in [-0.05, 0) is 32.2 Å². The fourth-order valence-electron chi connectivity index (χ4n) is 2.46. The molecule has 1 amide bonds. The molecule has 0 atom stereocenters. The van der Waals surface area contributed by atoms with Crippen LogP contribution in [0.4, 0.5) is 10.6 Å². The number of aromatic nitrogens is 2. The molecule has 0 saturated heterocycles. The van der Waals surface area contributed by atoms with Gasteiger partial charge in [0.25, 0.3) is 10.0 Å². The number of nitrogens with zero attached hydrogens (tertiary/aromatic N) is 2. The maximum Gasteiger partial charge on any atom is 0.410 e. The Morgan fingerprint density at radius 3 is 2.84 bits per heavy atom. The van der Waals surface area contributed by atoms with Crippen LogP contribution in [-0.4, -0.2) is 41.8 Å². The molecule has 3 rings (SSSR count). The van der Waals surface area contributed by atoms with E-state index in [4.69, 9.17) is 4.74 Å². The van der Waals surface area contributed by atoms with Crippen molar-refractivity contribution < 1.29 is 17.9 Å². The van der Waals surface area contributed by atoms with Crippen molar-refractivity contribution in [1.82, 2.24) is 15.1 Å². The third kappa shape index (κ3) is 3.96. The molecule has 2 aromatic heterocycles. The molecule has 136 valence electrons. The van der Waals surface area contributed by atoms with E-state index in [-0.39, 0.29) is 16.6 Å². The molecule has 2 N–H and O–H groups in total. The summed E-state index contributed by atoms with van der Waals surface area (Å²) >= 11 is 1.13. The van der Waals surface area contributed by atoms with Gasteiger partial charge in [-0.15, -0.1) is 11.3 Å². The van der Waals surface area contributed by atoms with Gasteiger partial charge in [-0.25, -0.2) is 13.2 Å². The number of aromatic amines is 1. The van der Waals surface area contributed by atoms with Gasteiger partial charge in [0.05, 0.1) is 6.54 Å². The van der Waals surface area contributed by atoms with Gasteiger partial charge >= 0.3 is 6.09 Å². The van der Waals surface area contributed by atoms with Crippen LogP contribution in [0.2, 0.25) is 0 Å². The van der Waals surface area contributed by atoms with Crippen LogP contribution in [0.25, 0.3) is 0 Å². The van der Waals surface area contributed by atoms with E-state index in [1.54, 1.807) is 37.1 Å². The number of sulfonamides is 1. The Bertz CT molecular complexity index is 866. The Morgan fingerprint density at radius 2 is 2.20 bits per heavy atom. The molecule has 0 spiro atoms. The van der Waals surface area contributed by atoms with Crippen molar-refractivity contribution in [3.05, 3.63) is 28.8 Å². The maximum atomic E-state index is 12.4. The minimum Gasteiger partial charge on any atom is -0.444 e. The van der Waals surface area contributed by atoms with Gasteiger partial charge in [0, 0.05) is 24.2 Å². The van der Waals surface area contributed by atoms with Crippen molar-refractivity contribution in [2.75, 3.05) is 11.3 Å². The lowest BCUT2D eigenvalue weighted by Gasteiger charge is -2.30. The van der Waals surface area contributed by atoms with E-state index in [1.807, 2.05) is 0 Å². The number of thiophene rings is 1. The Morgan fingerprint density at radius 1 is 1.44 bits per heavy atom. The van der Waals surface area contributed by atoms with Gasteiger partial charge in [-0.1, -0.05) is 6.07 Å². The molecule has 0 radical (unpaired) electrons. The molecule has 0 saturated carbocycles. The molecule has 0 aliphatic carbocycles. The van der Waals surface area contributed by atoms with Crippen molar-refractivity contribution in [1.29, 1.82) is 0 Å². The Hall–Kier alpha value is -2.07. The Balaban J connectivity index is 1.79. The predicted octanol–water partition coefficient (Wildman–Crippen LogP) is 2.57. The lowest BCUT2D eigenvalue weighted by molar-refractivity contribution is 0.0224. The zero-order valence-electron chi connectivity index (χ0n) is 14.2. The topological polar surface area (TPSA) is 104 Å². The van der Waals surface area contributed by atoms with Gasteiger partial charge in [0.1, 0.15) is 9.81 Å². The third-order valence-corrected chi connectivity index (χ3v) is 6.31. The molecule has 0 fully saturated rings. The average Bonchev–Trinajstić information content (AvgIpc) is 3.15. The van der Waals surface area contributed by atoms with E-state index in [1.165, 1.54) is 6.07 Å². The highest BCUT2D eigenvalue weighted by Gasteiger charge is 2.30.